The zero-order valence-electron chi connectivity index (χ0n) is 20.0. The van der Waals surface area contributed by atoms with Crippen molar-refractivity contribution in [2.45, 2.75) is 63.1 Å². The molecule has 4 amide bonds. The third-order valence-corrected chi connectivity index (χ3v) is 7.29. The maximum atomic E-state index is 13.7. The number of nitrogens with one attached hydrogen (secondary N) is 3. The Morgan fingerprint density at radius 3 is 2.29 bits per heavy atom. The van der Waals surface area contributed by atoms with E-state index in [4.69, 9.17) is 4.74 Å². The Hall–Kier alpha value is -3.55. The monoisotopic (exact) mass is 476 g/mol. The fraction of sp³-hybridized carbons (Fsp3) is 0.444. The molecule has 3 fully saturated rings. The van der Waals surface area contributed by atoms with E-state index in [-0.39, 0.29) is 29.9 Å². The predicted molar refractivity (Wildman–Crippen MR) is 134 cm³/mol. The fourth-order valence-electron chi connectivity index (χ4n) is 5.39. The van der Waals surface area contributed by atoms with Gasteiger partial charge in [0.1, 0.15) is 11.8 Å². The van der Waals surface area contributed by atoms with Crippen LogP contribution in [-0.2, 0) is 4.79 Å². The van der Waals surface area contributed by atoms with E-state index in [2.05, 4.69) is 16.0 Å². The van der Waals surface area contributed by atoms with Gasteiger partial charge in [0.05, 0.1) is 12.7 Å². The number of benzene rings is 2. The Bertz CT molecular complexity index is 1100. The summed E-state index contributed by atoms with van der Waals surface area (Å²) in [7, 11) is 1.55. The molecule has 2 aromatic carbocycles. The third kappa shape index (κ3) is 5.11. The normalized spacial score (nSPS) is 23.2. The van der Waals surface area contributed by atoms with Gasteiger partial charge in [0.15, 0.2) is 0 Å². The smallest absolute Gasteiger partial charge is 0.319 e. The first-order chi connectivity index (χ1) is 17.0. The van der Waals surface area contributed by atoms with Crippen LogP contribution in [0.2, 0.25) is 0 Å². The number of ether oxygens (including phenoxy) is 1. The molecule has 35 heavy (non-hydrogen) atoms. The minimum Gasteiger partial charge on any atom is -0.496 e. The summed E-state index contributed by atoms with van der Waals surface area (Å²) in [5, 5.41) is 8.68. The van der Waals surface area contributed by atoms with E-state index in [9.17, 15) is 14.4 Å². The van der Waals surface area contributed by atoms with E-state index in [1.165, 1.54) is 0 Å². The molecule has 1 heterocycles. The second kappa shape index (κ2) is 9.98. The molecule has 1 saturated heterocycles. The van der Waals surface area contributed by atoms with Crippen LogP contribution >= 0.6 is 0 Å². The van der Waals surface area contributed by atoms with Crippen molar-refractivity contribution in [1.29, 1.82) is 0 Å². The van der Waals surface area contributed by atoms with Gasteiger partial charge in [0.2, 0.25) is 5.91 Å². The van der Waals surface area contributed by atoms with E-state index < -0.39 is 6.04 Å². The Morgan fingerprint density at radius 1 is 0.886 bits per heavy atom. The van der Waals surface area contributed by atoms with Crippen molar-refractivity contribution < 1.29 is 19.1 Å². The molecule has 3 atom stereocenters. The minimum atomic E-state index is -0.539. The highest BCUT2D eigenvalue weighted by Gasteiger charge is 2.48. The SMILES string of the molecule is COc1ccccc1C(=O)N1C(C(=O)Nc2ccc(NC(=O)NC3CC3)cc2)CC2CCCCC21. The van der Waals surface area contributed by atoms with Crippen LogP contribution in [0, 0.1) is 5.92 Å². The molecule has 184 valence electrons. The lowest BCUT2D eigenvalue weighted by atomic mass is 9.84. The van der Waals surface area contributed by atoms with E-state index in [0.29, 0.717) is 35.0 Å². The number of fused-ring (bicyclic) bond motifs is 1. The van der Waals surface area contributed by atoms with Crippen molar-refractivity contribution in [1.82, 2.24) is 10.2 Å². The number of amides is 4. The lowest BCUT2D eigenvalue weighted by Gasteiger charge is -2.34. The van der Waals surface area contributed by atoms with E-state index >= 15 is 0 Å². The molecular formula is C27H32N4O4. The molecule has 3 N–H and O–H groups in total. The number of urea groups is 1. The van der Waals surface area contributed by atoms with Gasteiger partial charge in [0.25, 0.3) is 5.91 Å². The first-order valence-corrected chi connectivity index (χ1v) is 12.5. The van der Waals surface area contributed by atoms with Gasteiger partial charge in [-0.1, -0.05) is 25.0 Å². The lowest BCUT2D eigenvalue weighted by molar-refractivity contribution is -0.120. The van der Waals surface area contributed by atoms with E-state index in [1.807, 2.05) is 12.1 Å². The summed E-state index contributed by atoms with van der Waals surface area (Å²) in [6.07, 6.45) is 6.86. The van der Waals surface area contributed by atoms with Gasteiger partial charge in [-0.15, -0.1) is 0 Å². The Balaban J connectivity index is 1.30. The second-order valence-corrected chi connectivity index (χ2v) is 9.72. The molecule has 8 heteroatoms. The highest BCUT2D eigenvalue weighted by atomic mass is 16.5. The summed E-state index contributed by atoms with van der Waals surface area (Å²) >= 11 is 0. The number of methoxy groups -OCH3 is 1. The summed E-state index contributed by atoms with van der Waals surface area (Å²) in [5.74, 6) is 0.507. The Kier molecular flexibility index (Phi) is 6.61. The zero-order valence-corrected chi connectivity index (χ0v) is 20.0. The van der Waals surface area contributed by atoms with Crippen molar-refractivity contribution in [3.8, 4) is 5.75 Å². The molecule has 3 unspecified atom stereocenters. The van der Waals surface area contributed by atoms with Crippen molar-refractivity contribution in [2.75, 3.05) is 17.7 Å². The first-order valence-electron chi connectivity index (χ1n) is 12.5. The zero-order chi connectivity index (χ0) is 24.4. The van der Waals surface area contributed by atoms with Crippen LogP contribution in [0.25, 0.3) is 0 Å². The number of hydrogen-bond donors (Lipinski definition) is 3. The quantitative estimate of drug-likeness (QED) is 0.576. The number of likely N-dealkylation sites (tertiary alicyclic amines) is 1. The largest absolute Gasteiger partial charge is 0.496 e. The van der Waals surface area contributed by atoms with Gasteiger partial charge in [-0.2, -0.15) is 0 Å². The van der Waals surface area contributed by atoms with Crippen molar-refractivity contribution in [3.63, 3.8) is 0 Å². The van der Waals surface area contributed by atoms with Gasteiger partial charge in [-0.05, 0) is 74.4 Å². The number of carbonyl (C=O) groups excluding carboxylic acids is 3. The highest BCUT2D eigenvalue weighted by molar-refractivity contribution is 6.03. The van der Waals surface area contributed by atoms with Gasteiger partial charge in [-0.3, -0.25) is 9.59 Å². The van der Waals surface area contributed by atoms with E-state index in [1.54, 1.807) is 48.4 Å². The highest BCUT2D eigenvalue weighted by Crippen LogP contribution is 2.41. The van der Waals surface area contributed by atoms with Gasteiger partial charge < -0.3 is 25.6 Å². The van der Waals surface area contributed by atoms with Crippen LogP contribution in [-0.4, -0.2) is 48.0 Å². The molecule has 2 aliphatic carbocycles. The van der Waals surface area contributed by atoms with Crippen LogP contribution in [0.4, 0.5) is 16.2 Å². The first kappa shape index (κ1) is 23.2. The molecule has 2 saturated carbocycles. The van der Waals surface area contributed by atoms with Crippen LogP contribution < -0.4 is 20.7 Å². The lowest BCUT2D eigenvalue weighted by Crippen LogP contribution is -2.48. The van der Waals surface area contributed by atoms with E-state index in [0.717, 1.165) is 38.5 Å². The average Bonchev–Trinajstić information content (AvgIpc) is 3.60. The topological polar surface area (TPSA) is 99.8 Å². The number of carbonyl (C=O) groups is 3. The Labute approximate surface area is 205 Å². The maximum absolute atomic E-state index is 13.7. The molecule has 1 aliphatic heterocycles. The fourth-order valence-corrected chi connectivity index (χ4v) is 5.39. The van der Waals surface area contributed by atoms with Gasteiger partial charge >= 0.3 is 6.03 Å². The average molecular weight is 477 g/mol. The number of para-hydroxylation sites is 1. The number of hydrogen-bond acceptors (Lipinski definition) is 4. The summed E-state index contributed by atoms with van der Waals surface area (Å²) in [6, 6.07) is 13.8. The number of rotatable bonds is 6. The maximum Gasteiger partial charge on any atom is 0.319 e. The van der Waals surface area contributed by atoms with Crippen LogP contribution in [0.15, 0.2) is 48.5 Å². The summed E-state index contributed by atoms with van der Waals surface area (Å²) < 4.78 is 5.43. The molecule has 0 bridgehead atoms. The van der Waals surface area contributed by atoms with Crippen molar-refractivity contribution in [3.05, 3.63) is 54.1 Å². The summed E-state index contributed by atoms with van der Waals surface area (Å²) in [5.41, 5.74) is 1.77. The van der Waals surface area contributed by atoms with Crippen LogP contribution in [0.3, 0.4) is 0 Å². The Morgan fingerprint density at radius 2 is 1.57 bits per heavy atom. The second-order valence-electron chi connectivity index (χ2n) is 9.72. The molecule has 0 spiro atoms. The van der Waals surface area contributed by atoms with Crippen molar-refractivity contribution >= 4 is 29.2 Å². The molecule has 5 rings (SSSR count). The van der Waals surface area contributed by atoms with Crippen molar-refractivity contribution in [2.24, 2.45) is 5.92 Å². The predicted octanol–water partition coefficient (Wildman–Crippen LogP) is 4.39. The molecule has 3 aliphatic rings. The molecular weight excluding hydrogens is 444 g/mol. The van der Waals surface area contributed by atoms with Gasteiger partial charge in [0, 0.05) is 23.5 Å². The number of anilines is 2. The molecule has 0 radical (unpaired) electrons. The summed E-state index contributed by atoms with van der Waals surface area (Å²) in [6.45, 7) is 0. The molecule has 2 aromatic rings. The molecule has 8 nitrogen and oxygen atoms in total. The van der Waals surface area contributed by atoms with Crippen LogP contribution in [0.5, 0.6) is 5.75 Å². The third-order valence-electron chi connectivity index (χ3n) is 7.29. The van der Waals surface area contributed by atoms with Gasteiger partial charge in [-0.25, -0.2) is 4.79 Å². The molecule has 0 aromatic heterocycles. The summed E-state index contributed by atoms with van der Waals surface area (Å²) in [4.78, 5) is 40.9. The number of nitrogens with zero attached hydrogens (tertiary/aromatic N) is 1. The minimum absolute atomic E-state index is 0.0634. The standard InChI is InChI=1S/C27H32N4O4/c1-35-24-9-5-3-7-21(24)26(33)31-22-8-4-2-6-17(22)16-23(31)25(32)28-18-10-12-19(13-11-18)29-27(34)30-20-14-15-20/h3,5,7,9-13,17,20,22-23H,2,4,6,8,14-16H2,1H3,(H,28,32)(H2,29,30,34). The van der Waals surface area contributed by atoms with Crippen LogP contribution in [0.1, 0.15) is 55.3 Å².